The highest BCUT2D eigenvalue weighted by molar-refractivity contribution is 5.88. The SMILES string of the molecule is O=C(O)c1cccc(C=Cc2ccnnc2)c1. The first-order valence-corrected chi connectivity index (χ1v) is 5.04. The molecular weight excluding hydrogens is 216 g/mol. The molecule has 0 unspecified atom stereocenters. The Morgan fingerprint density at radius 3 is 2.65 bits per heavy atom. The van der Waals surface area contributed by atoms with Crippen molar-refractivity contribution in [2.75, 3.05) is 0 Å². The van der Waals surface area contributed by atoms with E-state index >= 15 is 0 Å². The summed E-state index contributed by atoms with van der Waals surface area (Å²) in [6, 6.07) is 8.57. The van der Waals surface area contributed by atoms with E-state index in [2.05, 4.69) is 10.2 Å². The lowest BCUT2D eigenvalue weighted by Crippen LogP contribution is -1.95. The zero-order valence-corrected chi connectivity index (χ0v) is 8.95. The maximum absolute atomic E-state index is 10.8. The summed E-state index contributed by atoms with van der Waals surface area (Å²) < 4.78 is 0. The van der Waals surface area contributed by atoms with E-state index in [0.29, 0.717) is 0 Å². The molecule has 0 aliphatic carbocycles. The van der Waals surface area contributed by atoms with Crippen molar-refractivity contribution in [3.8, 4) is 0 Å². The third-order valence-corrected chi connectivity index (χ3v) is 2.21. The molecule has 84 valence electrons. The van der Waals surface area contributed by atoms with Crippen LogP contribution in [-0.4, -0.2) is 21.3 Å². The highest BCUT2D eigenvalue weighted by Gasteiger charge is 2.00. The average molecular weight is 226 g/mol. The molecule has 4 nitrogen and oxygen atoms in total. The molecule has 4 heteroatoms. The molecule has 1 N–H and O–H groups in total. The maximum Gasteiger partial charge on any atom is 0.335 e. The van der Waals surface area contributed by atoms with E-state index in [4.69, 9.17) is 5.11 Å². The summed E-state index contributed by atoms with van der Waals surface area (Å²) in [4.78, 5) is 10.8. The number of carbonyl (C=O) groups is 1. The van der Waals surface area contributed by atoms with Crippen LogP contribution >= 0.6 is 0 Å². The Kier molecular flexibility index (Phi) is 3.25. The Morgan fingerprint density at radius 1 is 1.12 bits per heavy atom. The summed E-state index contributed by atoms with van der Waals surface area (Å²) in [7, 11) is 0. The number of hydrogen-bond donors (Lipinski definition) is 1. The second kappa shape index (κ2) is 5.03. The van der Waals surface area contributed by atoms with Gasteiger partial charge in [0.15, 0.2) is 0 Å². The van der Waals surface area contributed by atoms with Crippen molar-refractivity contribution in [3.63, 3.8) is 0 Å². The first-order chi connectivity index (χ1) is 8.25. The normalized spacial score (nSPS) is 10.6. The minimum Gasteiger partial charge on any atom is -0.478 e. The van der Waals surface area contributed by atoms with Gasteiger partial charge in [-0.05, 0) is 29.3 Å². The fourth-order valence-corrected chi connectivity index (χ4v) is 1.37. The minimum absolute atomic E-state index is 0.278. The van der Waals surface area contributed by atoms with Crippen LogP contribution in [0.1, 0.15) is 21.5 Å². The fourth-order valence-electron chi connectivity index (χ4n) is 1.37. The number of nitrogens with zero attached hydrogens (tertiary/aromatic N) is 2. The number of aromatic nitrogens is 2. The smallest absolute Gasteiger partial charge is 0.335 e. The first-order valence-electron chi connectivity index (χ1n) is 5.04. The number of hydrogen-bond acceptors (Lipinski definition) is 3. The molecule has 2 aromatic rings. The molecule has 0 aliphatic rings. The van der Waals surface area contributed by atoms with E-state index in [-0.39, 0.29) is 5.56 Å². The van der Waals surface area contributed by atoms with Crippen molar-refractivity contribution >= 4 is 18.1 Å². The molecule has 0 radical (unpaired) electrons. The van der Waals surface area contributed by atoms with Crippen LogP contribution in [0, 0.1) is 0 Å². The van der Waals surface area contributed by atoms with E-state index in [1.54, 1.807) is 30.6 Å². The Balaban J connectivity index is 2.22. The van der Waals surface area contributed by atoms with Crippen LogP contribution in [0.3, 0.4) is 0 Å². The van der Waals surface area contributed by atoms with Crippen molar-refractivity contribution in [2.45, 2.75) is 0 Å². The molecular formula is C13H10N2O2. The second-order valence-corrected chi connectivity index (χ2v) is 3.44. The zero-order valence-electron chi connectivity index (χ0n) is 8.95. The zero-order chi connectivity index (χ0) is 12.1. The van der Waals surface area contributed by atoms with Gasteiger partial charge in [0.05, 0.1) is 18.0 Å². The largest absolute Gasteiger partial charge is 0.478 e. The molecule has 0 amide bonds. The summed E-state index contributed by atoms with van der Waals surface area (Å²) >= 11 is 0. The van der Waals surface area contributed by atoms with Crippen molar-refractivity contribution in [1.29, 1.82) is 0 Å². The van der Waals surface area contributed by atoms with Gasteiger partial charge in [-0.1, -0.05) is 24.3 Å². The third-order valence-electron chi connectivity index (χ3n) is 2.21. The van der Waals surface area contributed by atoms with Gasteiger partial charge in [-0.15, -0.1) is 0 Å². The lowest BCUT2D eigenvalue weighted by atomic mass is 10.1. The maximum atomic E-state index is 10.8. The molecule has 1 heterocycles. The summed E-state index contributed by atoms with van der Waals surface area (Å²) in [6.07, 6.45) is 6.93. The highest BCUT2D eigenvalue weighted by Crippen LogP contribution is 2.09. The minimum atomic E-state index is -0.925. The number of rotatable bonds is 3. The summed E-state index contributed by atoms with van der Waals surface area (Å²) in [5.41, 5.74) is 2.03. The summed E-state index contributed by atoms with van der Waals surface area (Å²) in [5, 5.41) is 16.3. The molecule has 0 bridgehead atoms. The Labute approximate surface area is 98.3 Å². The van der Waals surface area contributed by atoms with E-state index in [0.717, 1.165) is 11.1 Å². The summed E-state index contributed by atoms with van der Waals surface area (Å²) in [5.74, 6) is -0.925. The number of carboxylic acids is 1. The van der Waals surface area contributed by atoms with Gasteiger partial charge < -0.3 is 5.11 Å². The van der Waals surface area contributed by atoms with E-state index in [1.165, 1.54) is 0 Å². The molecule has 0 saturated heterocycles. The Bertz CT molecular complexity index is 550. The van der Waals surface area contributed by atoms with Crippen LogP contribution in [0.4, 0.5) is 0 Å². The highest BCUT2D eigenvalue weighted by atomic mass is 16.4. The lowest BCUT2D eigenvalue weighted by Gasteiger charge is -1.96. The van der Waals surface area contributed by atoms with E-state index in [9.17, 15) is 4.79 Å². The van der Waals surface area contributed by atoms with E-state index in [1.807, 2.05) is 24.3 Å². The van der Waals surface area contributed by atoms with Crippen LogP contribution in [0.5, 0.6) is 0 Å². The molecule has 0 atom stereocenters. The topological polar surface area (TPSA) is 63.1 Å². The van der Waals surface area contributed by atoms with Crippen molar-refractivity contribution in [1.82, 2.24) is 10.2 Å². The van der Waals surface area contributed by atoms with Crippen molar-refractivity contribution in [3.05, 3.63) is 59.4 Å². The van der Waals surface area contributed by atoms with Gasteiger partial charge in [0.25, 0.3) is 0 Å². The van der Waals surface area contributed by atoms with Gasteiger partial charge in [-0.2, -0.15) is 10.2 Å². The predicted octanol–water partition coefficient (Wildman–Crippen LogP) is 2.35. The monoisotopic (exact) mass is 226 g/mol. The van der Waals surface area contributed by atoms with Crippen LogP contribution < -0.4 is 0 Å². The van der Waals surface area contributed by atoms with Crippen LogP contribution in [-0.2, 0) is 0 Å². The Morgan fingerprint density at radius 2 is 1.94 bits per heavy atom. The Hall–Kier alpha value is -2.49. The van der Waals surface area contributed by atoms with Gasteiger partial charge in [0.1, 0.15) is 0 Å². The molecule has 1 aromatic heterocycles. The van der Waals surface area contributed by atoms with Gasteiger partial charge >= 0.3 is 5.97 Å². The predicted molar refractivity (Wildman–Crippen MR) is 64.4 cm³/mol. The van der Waals surface area contributed by atoms with Crippen LogP contribution in [0.2, 0.25) is 0 Å². The average Bonchev–Trinajstić information content (AvgIpc) is 2.38. The van der Waals surface area contributed by atoms with Gasteiger partial charge in [-0.3, -0.25) is 0 Å². The van der Waals surface area contributed by atoms with Crippen molar-refractivity contribution < 1.29 is 9.90 Å². The molecule has 2 rings (SSSR count). The first kappa shape index (κ1) is 11.0. The molecule has 0 fully saturated rings. The summed E-state index contributed by atoms with van der Waals surface area (Å²) in [6.45, 7) is 0. The lowest BCUT2D eigenvalue weighted by molar-refractivity contribution is 0.0697. The van der Waals surface area contributed by atoms with Gasteiger partial charge in [-0.25, -0.2) is 4.79 Å². The third kappa shape index (κ3) is 2.98. The second-order valence-electron chi connectivity index (χ2n) is 3.44. The number of aromatic carboxylic acids is 1. The van der Waals surface area contributed by atoms with Gasteiger partial charge in [0.2, 0.25) is 0 Å². The molecule has 0 spiro atoms. The van der Waals surface area contributed by atoms with Crippen LogP contribution in [0.15, 0.2) is 42.7 Å². The van der Waals surface area contributed by atoms with Crippen LogP contribution in [0.25, 0.3) is 12.2 Å². The van der Waals surface area contributed by atoms with Crippen molar-refractivity contribution in [2.24, 2.45) is 0 Å². The van der Waals surface area contributed by atoms with E-state index < -0.39 is 5.97 Å². The quantitative estimate of drug-likeness (QED) is 0.872. The fraction of sp³-hybridized carbons (Fsp3) is 0. The standard InChI is InChI=1S/C13H10N2O2/c16-13(17)12-3-1-2-10(8-12)4-5-11-6-7-14-15-9-11/h1-9H,(H,16,17). The number of carboxylic acid groups (broad SMARTS) is 1. The molecule has 0 aliphatic heterocycles. The number of benzene rings is 1. The molecule has 17 heavy (non-hydrogen) atoms. The van der Waals surface area contributed by atoms with Gasteiger partial charge in [0, 0.05) is 0 Å². The molecule has 0 saturated carbocycles. The molecule has 1 aromatic carbocycles.